The summed E-state index contributed by atoms with van der Waals surface area (Å²) < 4.78 is 4.66. The number of carbonyl (C=O) groups excluding carboxylic acids is 10. The topological polar surface area (TPSA) is 265 Å². The molecular weight excluding hydrogens is 1500 g/mol. The van der Waals surface area contributed by atoms with Gasteiger partial charge in [0.1, 0.15) is 12.3 Å². The Bertz CT molecular complexity index is 4950. The average Bonchev–Trinajstić information content (AvgIpc) is 0.858. The van der Waals surface area contributed by atoms with Gasteiger partial charge in [-0.05, 0) is 188 Å². The van der Waals surface area contributed by atoms with Crippen molar-refractivity contribution < 1.29 is 87.9 Å². The number of rotatable bonds is 35. The number of aryl methyl sites for hydroxylation is 4. The van der Waals surface area contributed by atoms with Crippen molar-refractivity contribution in [3.05, 3.63) is 356 Å². The number of anilines is 1. The molecule has 0 radical (unpaired) electrons. The summed E-state index contributed by atoms with van der Waals surface area (Å²) >= 11 is 0. The average molecular weight is 1600 g/mol. The molecule has 0 fully saturated rings. The number of phenols is 1. The lowest BCUT2D eigenvalue weighted by molar-refractivity contribution is -0.643. The normalized spacial score (nSPS) is 11.6. The molecule has 0 saturated carbocycles. The van der Waals surface area contributed by atoms with E-state index < -0.39 is 46.8 Å². The van der Waals surface area contributed by atoms with Crippen LogP contribution in [0.3, 0.4) is 0 Å². The standard InChI is InChI=1S/C29H28N2O3.C24H25NO4.C22H23NO3.C22H23NO2.2ClH/c1-21-8-10-22(11-9-21)16-18-26(32)28(29(34)31-25-6-4-3-5-7-25)27(33)19-17-23-12-14-24(15-13-23)20-30-2;1-17-4-6-18(7-5-17)12-14-21(26)23(24(28)29-3)22(27)15-13-19-8-10-20(11-9-19)16-25-2;1-16-13-18(9-12-22(16)26)8-11-21(25)14-20(24)10-7-17-3-5-19(6-4-17)15-23-2;1-17-3-5-18(6-4-17)11-13-21(24)15-22(25)14-12-19-7-9-20(10-8-19)16-23-2;;/h3-19,28,30H,20H2,1-2H3,(H,31,34);4-15,23,25H,16H2,1-3H3;3-13,23,26H,14-15H2,1-2H3;3-14,23H,15-16H2,1-2H3;2*1H/p-1/b18-16+,19-17+;14-12+,15-13+;10-7+,11-8+;13-11+,14-12+;;. The van der Waals surface area contributed by atoms with Crippen LogP contribution in [0.1, 0.15) is 102 Å². The predicted molar refractivity (Wildman–Crippen MR) is 458 cm³/mol. The fraction of sp³-hybridized carbons (Fsp3) is 0.175. The summed E-state index contributed by atoms with van der Waals surface area (Å²) in [6.07, 6.45) is 23.8. The highest BCUT2D eigenvalue weighted by Crippen LogP contribution is 2.20. The second-order valence-corrected chi connectivity index (χ2v) is 26.7. The van der Waals surface area contributed by atoms with Gasteiger partial charge < -0.3 is 61.2 Å². The summed E-state index contributed by atoms with van der Waals surface area (Å²) in [5.74, 6) is -7.57. The van der Waals surface area contributed by atoms with E-state index in [2.05, 4.69) is 31.3 Å². The highest BCUT2D eigenvalue weighted by atomic mass is 35.5. The number of hydrogen-bond acceptors (Lipinski definition) is 15. The number of phenolic OH excluding ortho intramolecular Hbond substituents is 1. The Hall–Kier alpha value is -12.6. The molecule has 600 valence electrons. The zero-order chi connectivity index (χ0) is 82.6. The van der Waals surface area contributed by atoms with Crippen LogP contribution in [-0.2, 0) is 78.9 Å². The van der Waals surface area contributed by atoms with Gasteiger partial charge in [-0.15, -0.1) is 0 Å². The zero-order valence-corrected chi connectivity index (χ0v) is 68.2. The number of benzene rings is 9. The van der Waals surface area contributed by atoms with E-state index in [-0.39, 0.29) is 66.5 Å². The molecule has 7 N–H and O–H groups in total. The molecule has 2 atom stereocenters. The maximum Gasteiger partial charge on any atom is 0.324 e. The molecule has 2 unspecified atom stereocenters. The van der Waals surface area contributed by atoms with E-state index in [1.54, 1.807) is 98.0 Å². The van der Waals surface area contributed by atoms with Crippen molar-refractivity contribution in [2.45, 2.75) is 66.7 Å². The molecule has 0 aliphatic rings. The molecule has 0 aromatic heterocycles. The largest absolute Gasteiger partial charge is 1.00 e. The van der Waals surface area contributed by atoms with Gasteiger partial charge in [0.05, 0.1) is 27.0 Å². The third-order valence-electron chi connectivity index (χ3n) is 17.1. The Balaban J connectivity index is 0.000000326. The molecule has 9 rings (SSSR count). The van der Waals surface area contributed by atoms with Crippen molar-refractivity contribution in [2.75, 3.05) is 40.6 Å². The van der Waals surface area contributed by atoms with Crippen LogP contribution in [0.15, 0.2) is 267 Å². The number of hydrogen-bond donors (Lipinski definition) is 6. The van der Waals surface area contributed by atoms with Crippen molar-refractivity contribution >= 4 is 112 Å². The predicted octanol–water partition coefficient (Wildman–Crippen LogP) is 8.83. The van der Waals surface area contributed by atoms with Crippen molar-refractivity contribution in [1.29, 1.82) is 0 Å². The highest BCUT2D eigenvalue weighted by molar-refractivity contribution is 6.28. The van der Waals surface area contributed by atoms with Crippen molar-refractivity contribution in [1.82, 2.24) is 16.0 Å². The Kier molecular flexibility index (Phi) is 43.5. The Morgan fingerprint density at radius 1 is 0.362 bits per heavy atom. The molecular formula is C97H100Cl2N5O12-. The maximum atomic E-state index is 13.0. The summed E-state index contributed by atoms with van der Waals surface area (Å²) in [4.78, 5) is 124. The third kappa shape index (κ3) is 36.1. The lowest BCUT2D eigenvalue weighted by atomic mass is 9.95. The Morgan fingerprint density at radius 3 is 0.931 bits per heavy atom. The van der Waals surface area contributed by atoms with Gasteiger partial charge in [-0.3, -0.25) is 47.9 Å². The van der Waals surface area contributed by atoms with E-state index in [1.807, 2.05) is 225 Å². The van der Waals surface area contributed by atoms with Crippen LogP contribution in [0.25, 0.3) is 48.6 Å². The van der Waals surface area contributed by atoms with Crippen molar-refractivity contribution in [3.8, 4) is 5.75 Å². The number of nitrogens with two attached hydrogens (primary N) is 1. The van der Waals surface area contributed by atoms with Gasteiger partial charge in [0.2, 0.25) is 5.91 Å². The minimum Gasteiger partial charge on any atom is -1.00 e. The van der Waals surface area contributed by atoms with Crippen LogP contribution < -0.4 is 51.4 Å². The lowest BCUT2D eigenvalue weighted by Crippen LogP contribution is -3.00. The fourth-order valence-electron chi connectivity index (χ4n) is 10.7. The first-order valence-electron chi connectivity index (χ1n) is 37.2. The van der Waals surface area contributed by atoms with E-state index in [4.69, 9.17) is 0 Å². The van der Waals surface area contributed by atoms with Crippen LogP contribution in [0.4, 0.5) is 5.69 Å². The Labute approximate surface area is 693 Å². The van der Waals surface area contributed by atoms with E-state index in [0.717, 1.165) is 106 Å². The quantitative estimate of drug-likeness (QED) is 0.0123. The van der Waals surface area contributed by atoms with Gasteiger partial charge in [-0.1, -0.05) is 259 Å². The smallest absolute Gasteiger partial charge is 0.324 e. The molecule has 0 aliphatic carbocycles. The molecule has 19 heteroatoms. The molecule has 17 nitrogen and oxygen atoms in total. The number of nitrogens with one attached hydrogen (secondary N) is 4. The molecule has 0 spiro atoms. The van der Waals surface area contributed by atoms with Crippen molar-refractivity contribution in [2.24, 2.45) is 11.8 Å². The third-order valence-corrected chi connectivity index (χ3v) is 17.1. The first-order chi connectivity index (χ1) is 54.9. The van der Waals surface area contributed by atoms with Gasteiger partial charge in [0.15, 0.2) is 58.1 Å². The number of ketones is 8. The molecule has 0 heterocycles. The van der Waals surface area contributed by atoms with Crippen LogP contribution in [0, 0.1) is 39.5 Å². The molecule has 0 bridgehead atoms. The summed E-state index contributed by atoms with van der Waals surface area (Å²) in [6, 6.07) is 68.0. The van der Waals surface area contributed by atoms with Crippen LogP contribution in [0.2, 0.25) is 0 Å². The maximum absolute atomic E-state index is 13.0. The number of amides is 1. The summed E-state index contributed by atoms with van der Waals surface area (Å²) in [7, 11) is 8.81. The number of esters is 1. The summed E-state index contributed by atoms with van der Waals surface area (Å²) in [5.41, 5.74) is 16.1. The van der Waals surface area contributed by atoms with E-state index in [0.29, 0.717) is 5.69 Å². The van der Waals surface area contributed by atoms with Gasteiger partial charge in [-0.2, -0.15) is 0 Å². The molecule has 9 aromatic rings. The first kappa shape index (κ1) is 95.8. The molecule has 9 aromatic carbocycles. The number of para-hydroxylation sites is 1. The number of carbonyl (C=O) groups is 10. The monoisotopic (exact) mass is 1600 g/mol. The number of halogens is 2. The number of allylic oxidation sites excluding steroid dienone is 8. The highest BCUT2D eigenvalue weighted by Gasteiger charge is 2.32. The second kappa shape index (κ2) is 52.7. The van der Waals surface area contributed by atoms with Gasteiger partial charge in [-0.25, -0.2) is 0 Å². The van der Waals surface area contributed by atoms with Gasteiger partial charge in [0.25, 0.3) is 0 Å². The first-order valence-corrected chi connectivity index (χ1v) is 37.2. The Morgan fingerprint density at radius 2 is 0.638 bits per heavy atom. The second-order valence-electron chi connectivity index (χ2n) is 26.7. The van der Waals surface area contributed by atoms with E-state index >= 15 is 0 Å². The van der Waals surface area contributed by atoms with Crippen LogP contribution in [0.5, 0.6) is 5.75 Å². The number of methoxy groups -OCH3 is 1. The van der Waals surface area contributed by atoms with Crippen LogP contribution >= 0.6 is 0 Å². The minimum atomic E-state index is -1.51. The van der Waals surface area contributed by atoms with Gasteiger partial charge in [0, 0.05) is 30.9 Å². The van der Waals surface area contributed by atoms with Gasteiger partial charge >= 0.3 is 5.97 Å². The van der Waals surface area contributed by atoms with E-state index in [9.17, 15) is 53.1 Å². The number of aromatic hydroxyl groups is 1. The van der Waals surface area contributed by atoms with Crippen molar-refractivity contribution in [3.63, 3.8) is 0 Å². The minimum absolute atomic E-state index is 0. The van der Waals surface area contributed by atoms with Crippen LogP contribution in [-0.4, -0.2) is 98.5 Å². The lowest BCUT2D eigenvalue weighted by Gasteiger charge is -2.12. The number of ether oxygens (including phenoxy) is 1. The number of quaternary nitrogens is 1. The van der Waals surface area contributed by atoms with E-state index in [1.165, 1.54) is 65.3 Å². The summed E-state index contributed by atoms with van der Waals surface area (Å²) in [5, 5.41) is 23.5. The zero-order valence-electron chi connectivity index (χ0n) is 66.7. The summed E-state index contributed by atoms with van der Waals surface area (Å²) in [6.45, 7) is 11.0. The molecule has 0 saturated heterocycles. The SMILES string of the molecule is CNCc1ccc(/C=C/C(=O)C(C(=O)/C=C/c2ccc(C)cc2)C(=O)Nc2ccccc2)cc1.CNCc1ccc(/C=C/C(=O)C(C(=O)/C=C/c2ccc(C)cc2)C(=O)OC)cc1.CNCc1ccc(/C=C/C(=O)CC(=O)/C=C/c2ccc(O)c(C)c2)cc1.C[NH2+]Cc1ccc(/C=C/C(=O)CC(=O)/C=C/c2ccc(C)cc2)cc1.[Cl-].[Cl-]. The molecule has 0 aliphatic heterocycles. The fourth-order valence-corrected chi connectivity index (χ4v) is 10.7. The molecule has 1 amide bonds. The molecule has 116 heavy (non-hydrogen) atoms.